The zero-order valence-corrected chi connectivity index (χ0v) is 20.3. The Hall–Kier alpha value is -2.00. The second-order valence-electron chi connectivity index (χ2n) is 9.76. The van der Waals surface area contributed by atoms with Gasteiger partial charge in [0.2, 0.25) is 0 Å². The lowest BCUT2D eigenvalue weighted by Gasteiger charge is -2.39. The maximum atomic E-state index is 12.4. The van der Waals surface area contributed by atoms with Crippen molar-refractivity contribution in [3.8, 4) is 0 Å². The van der Waals surface area contributed by atoms with Crippen molar-refractivity contribution in [3.05, 3.63) is 68.5 Å². The van der Waals surface area contributed by atoms with Crippen molar-refractivity contribution >= 4 is 8.32 Å². The van der Waals surface area contributed by atoms with E-state index in [1.54, 1.807) is 13.1 Å². The van der Waals surface area contributed by atoms with Gasteiger partial charge in [-0.2, -0.15) is 0 Å². The molecule has 0 bridgehead atoms. The Balaban J connectivity index is 1.78. The molecule has 1 fully saturated rings. The second-order valence-corrected chi connectivity index (χ2v) is 14.5. The van der Waals surface area contributed by atoms with E-state index in [4.69, 9.17) is 13.9 Å². The summed E-state index contributed by atoms with van der Waals surface area (Å²) in [6.45, 7) is 13.5. The lowest BCUT2D eigenvalue weighted by atomic mass is 10.2. The molecule has 0 spiro atoms. The minimum absolute atomic E-state index is 0.0476. The van der Waals surface area contributed by atoms with Gasteiger partial charge < -0.3 is 13.9 Å². The number of hydrogen-bond donors (Lipinski definition) is 1. The summed E-state index contributed by atoms with van der Waals surface area (Å²) in [5.74, 6) is 0. The molecule has 2 heterocycles. The molecule has 0 amide bonds. The first-order chi connectivity index (χ1) is 14.5. The molecule has 2 aromatic rings. The number of hydrogen-bond acceptors (Lipinski definition) is 5. The standard InChI is InChI=1S/C23H34N2O5Si/c1-16-13-25(22(27)24-21(16)26)20-12-18(30-31(5,6)23(2,3)4)19(29-20)15-28-14-17-10-8-7-9-11-17/h7-11,13,18-20H,12,14-15H2,1-6H3,(H,24,26,27)/t18?,19-,20-/m1/s1. The van der Waals surface area contributed by atoms with Gasteiger partial charge in [0.25, 0.3) is 5.56 Å². The number of aromatic nitrogens is 2. The van der Waals surface area contributed by atoms with Crippen molar-refractivity contribution in [2.75, 3.05) is 6.61 Å². The Morgan fingerprint density at radius 2 is 1.87 bits per heavy atom. The summed E-state index contributed by atoms with van der Waals surface area (Å²) >= 11 is 0. The van der Waals surface area contributed by atoms with E-state index in [0.717, 1.165) is 5.56 Å². The molecular formula is C23H34N2O5Si. The Bertz CT molecular complexity index is 994. The number of benzene rings is 1. The highest BCUT2D eigenvalue weighted by Crippen LogP contribution is 2.41. The highest BCUT2D eigenvalue weighted by atomic mass is 28.4. The minimum atomic E-state index is -2.06. The molecule has 170 valence electrons. The van der Waals surface area contributed by atoms with Crippen LogP contribution in [0.1, 0.15) is 44.5 Å². The molecule has 1 N–H and O–H groups in total. The Morgan fingerprint density at radius 1 is 1.19 bits per heavy atom. The molecule has 1 aliphatic rings. The molecule has 0 aliphatic carbocycles. The van der Waals surface area contributed by atoms with Gasteiger partial charge in [-0.05, 0) is 30.6 Å². The van der Waals surface area contributed by atoms with Crippen molar-refractivity contribution in [2.24, 2.45) is 0 Å². The summed E-state index contributed by atoms with van der Waals surface area (Å²) in [6.07, 6.45) is 1.07. The van der Waals surface area contributed by atoms with Crippen LogP contribution in [-0.4, -0.2) is 36.7 Å². The molecule has 1 unspecified atom stereocenters. The molecule has 8 heteroatoms. The third kappa shape index (κ3) is 5.63. The molecule has 0 radical (unpaired) electrons. The van der Waals surface area contributed by atoms with E-state index in [2.05, 4.69) is 38.8 Å². The van der Waals surface area contributed by atoms with Crippen LogP contribution in [0.3, 0.4) is 0 Å². The van der Waals surface area contributed by atoms with Gasteiger partial charge in [0, 0.05) is 18.2 Å². The normalized spacial score (nSPS) is 22.1. The monoisotopic (exact) mass is 446 g/mol. The van der Waals surface area contributed by atoms with E-state index in [-0.39, 0.29) is 22.8 Å². The number of rotatable bonds is 7. The van der Waals surface area contributed by atoms with E-state index in [0.29, 0.717) is 25.2 Å². The van der Waals surface area contributed by atoms with Gasteiger partial charge in [0.15, 0.2) is 8.32 Å². The van der Waals surface area contributed by atoms with Crippen molar-refractivity contribution in [1.29, 1.82) is 0 Å². The molecule has 3 rings (SSSR count). The van der Waals surface area contributed by atoms with Crippen molar-refractivity contribution in [2.45, 2.75) is 77.3 Å². The zero-order valence-electron chi connectivity index (χ0n) is 19.3. The number of nitrogens with zero attached hydrogens (tertiary/aromatic N) is 1. The zero-order chi connectivity index (χ0) is 22.8. The van der Waals surface area contributed by atoms with E-state index >= 15 is 0 Å². The third-order valence-corrected chi connectivity index (χ3v) is 10.8. The second kappa shape index (κ2) is 9.24. The van der Waals surface area contributed by atoms with Crippen LogP contribution in [-0.2, 0) is 20.5 Å². The SMILES string of the molecule is Cc1cn([C@H]2CC(O[Si](C)(C)C(C)(C)C)[C@@H](COCc3ccccc3)O2)c(=O)[nH]c1=O. The van der Waals surface area contributed by atoms with Crippen LogP contribution in [0, 0.1) is 6.92 Å². The fraction of sp³-hybridized carbons (Fsp3) is 0.565. The van der Waals surface area contributed by atoms with Crippen LogP contribution in [0.2, 0.25) is 18.1 Å². The smallest absolute Gasteiger partial charge is 0.330 e. The van der Waals surface area contributed by atoms with E-state index in [1.165, 1.54) is 4.57 Å². The maximum absolute atomic E-state index is 12.4. The average Bonchev–Trinajstić information content (AvgIpc) is 3.06. The summed E-state index contributed by atoms with van der Waals surface area (Å²) < 4.78 is 20.3. The predicted molar refractivity (Wildman–Crippen MR) is 123 cm³/mol. The third-order valence-electron chi connectivity index (χ3n) is 6.28. The van der Waals surface area contributed by atoms with Gasteiger partial charge in [-0.15, -0.1) is 0 Å². The lowest BCUT2D eigenvalue weighted by Crippen LogP contribution is -2.46. The Kier molecular flexibility index (Phi) is 7.05. The molecule has 1 aromatic heterocycles. The Morgan fingerprint density at radius 3 is 2.52 bits per heavy atom. The lowest BCUT2D eigenvalue weighted by molar-refractivity contribution is -0.0648. The fourth-order valence-electron chi connectivity index (χ4n) is 3.37. The first kappa shape index (κ1) is 23.7. The van der Waals surface area contributed by atoms with E-state index in [1.807, 2.05) is 30.3 Å². The summed E-state index contributed by atoms with van der Waals surface area (Å²) in [5.41, 5.74) is 0.703. The van der Waals surface area contributed by atoms with Crippen LogP contribution in [0.15, 0.2) is 46.1 Å². The highest BCUT2D eigenvalue weighted by molar-refractivity contribution is 6.74. The summed E-state index contributed by atoms with van der Waals surface area (Å²) in [7, 11) is -2.06. The predicted octanol–water partition coefficient (Wildman–Crippen LogP) is 3.74. The van der Waals surface area contributed by atoms with Gasteiger partial charge in [0.1, 0.15) is 12.3 Å². The topological polar surface area (TPSA) is 82.6 Å². The Labute approximate surface area is 184 Å². The number of nitrogens with one attached hydrogen (secondary N) is 1. The fourth-order valence-corrected chi connectivity index (χ4v) is 4.73. The molecule has 31 heavy (non-hydrogen) atoms. The molecular weight excluding hydrogens is 412 g/mol. The quantitative estimate of drug-likeness (QED) is 0.655. The highest BCUT2D eigenvalue weighted by Gasteiger charge is 2.45. The molecule has 1 saturated heterocycles. The first-order valence-corrected chi connectivity index (χ1v) is 13.7. The van der Waals surface area contributed by atoms with E-state index < -0.39 is 20.2 Å². The van der Waals surface area contributed by atoms with Crippen LogP contribution in [0.4, 0.5) is 0 Å². The van der Waals surface area contributed by atoms with Crippen LogP contribution in [0.25, 0.3) is 0 Å². The molecule has 0 saturated carbocycles. The first-order valence-electron chi connectivity index (χ1n) is 10.7. The molecule has 3 atom stereocenters. The summed E-state index contributed by atoms with van der Waals surface area (Å²) in [5, 5.41) is 0.0476. The van der Waals surface area contributed by atoms with Gasteiger partial charge in [-0.1, -0.05) is 51.1 Å². The summed E-state index contributed by atoms with van der Waals surface area (Å²) in [4.78, 5) is 26.5. The van der Waals surface area contributed by atoms with Crippen molar-refractivity contribution in [3.63, 3.8) is 0 Å². The molecule has 1 aromatic carbocycles. The number of ether oxygens (including phenoxy) is 2. The average molecular weight is 447 g/mol. The van der Waals surface area contributed by atoms with Gasteiger partial charge in [-0.25, -0.2) is 4.79 Å². The number of H-pyrrole nitrogens is 1. The number of aryl methyl sites for hydroxylation is 1. The van der Waals surface area contributed by atoms with Crippen LogP contribution < -0.4 is 11.2 Å². The molecule has 1 aliphatic heterocycles. The maximum Gasteiger partial charge on any atom is 0.330 e. The summed E-state index contributed by atoms with van der Waals surface area (Å²) in [6, 6.07) is 9.97. The van der Waals surface area contributed by atoms with E-state index in [9.17, 15) is 9.59 Å². The largest absolute Gasteiger partial charge is 0.411 e. The van der Waals surface area contributed by atoms with Crippen molar-refractivity contribution in [1.82, 2.24) is 9.55 Å². The van der Waals surface area contributed by atoms with Gasteiger partial charge >= 0.3 is 5.69 Å². The van der Waals surface area contributed by atoms with Gasteiger partial charge in [-0.3, -0.25) is 14.3 Å². The molecule has 7 nitrogen and oxygen atoms in total. The minimum Gasteiger partial charge on any atom is -0.411 e. The van der Waals surface area contributed by atoms with Crippen LogP contribution in [0.5, 0.6) is 0 Å². The van der Waals surface area contributed by atoms with Crippen molar-refractivity contribution < 1.29 is 13.9 Å². The number of aromatic amines is 1. The van der Waals surface area contributed by atoms with Gasteiger partial charge in [0.05, 0.1) is 19.3 Å². The van der Waals surface area contributed by atoms with Crippen LogP contribution >= 0.6 is 0 Å².